The largest absolute Gasteiger partial charge is 0.492 e. The molecule has 1 aliphatic rings. The number of hydrogen-bond acceptors (Lipinski definition) is 3. The number of carbonyl (C=O) groups excluding carboxylic acids is 1. The first-order valence-corrected chi connectivity index (χ1v) is 7.72. The third kappa shape index (κ3) is 4.34. The lowest BCUT2D eigenvalue weighted by molar-refractivity contribution is -0.187. The van der Waals surface area contributed by atoms with Crippen molar-refractivity contribution in [3.05, 3.63) is 23.8 Å². The predicted molar refractivity (Wildman–Crippen MR) is 83.6 cm³/mol. The maximum absolute atomic E-state index is 13.0. The van der Waals surface area contributed by atoms with Crippen LogP contribution >= 0.6 is 0 Å². The Morgan fingerprint density at radius 3 is 2.56 bits per heavy atom. The van der Waals surface area contributed by atoms with E-state index in [1.807, 2.05) is 6.92 Å². The number of ether oxygens (including phenoxy) is 1. The minimum Gasteiger partial charge on any atom is -0.492 e. The molecule has 2 amide bonds. The van der Waals surface area contributed by atoms with Gasteiger partial charge in [0.2, 0.25) is 0 Å². The standard InChI is InChI=1S/C16H19F3N2O4/c1-3-25-13-6-9(2)4-5-12(13)20-15(24)21-7-10(14(22)23)11(8-21)16(17,18)19/h4-6,10-11H,3,7-8H2,1-2H3,(H,20,24)(H,22,23)/t10-,11-/m1/s1. The normalized spacial score (nSPS) is 20.4. The molecule has 1 saturated heterocycles. The molecule has 0 aromatic heterocycles. The SMILES string of the molecule is CCOc1cc(C)ccc1NC(=O)N1C[C@@H](C(F)(F)F)[C@H](C(=O)O)C1. The van der Waals surface area contributed by atoms with E-state index in [-0.39, 0.29) is 0 Å². The second-order valence-electron chi connectivity index (χ2n) is 5.86. The average Bonchev–Trinajstić information content (AvgIpc) is 2.96. The summed E-state index contributed by atoms with van der Waals surface area (Å²) in [6, 6.07) is 4.22. The fourth-order valence-electron chi connectivity index (χ4n) is 2.75. The summed E-state index contributed by atoms with van der Waals surface area (Å²) in [4.78, 5) is 24.2. The van der Waals surface area contributed by atoms with E-state index in [1.54, 1.807) is 25.1 Å². The zero-order valence-corrected chi connectivity index (χ0v) is 13.8. The molecule has 1 aromatic carbocycles. The van der Waals surface area contributed by atoms with Gasteiger partial charge in [-0.15, -0.1) is 0 Å². The van der Waals surface area contributed by atoms with Crippen LogP contribution in [0.2, 0.25) is 0 Å². The van der Waals surface area contributed by atoms with Gasteiger partial charge in [-0.3, -0.25) is 4.79 Å². The number of anilines is 1. The first-order chi connectivity index (χ1) is 11.6. The topological polar surface area (TPSA) is 78.9 Å². The number of alkyl halides is 3. The molecule has 25 heavy (non-hydrogen) atoms. The highest BCUT2D eigenvalue weighted by atomic mass is 19.4. The molecule has 138 valence electrons. The number of halogens is 3. The van der Waals surface area contributed by atoms with E-state index >= 15 is 0 Å². The van der Waals surface area contributed by atoms with Crippen molar-refractivity contribution in [3.63, 3.8) is 0 Å². The van der Waals surface area contributed by atoms with Crippen molar-refractivity contribution in [1.29, 1.82) is 0 Å². The number of benzene rings is 1. The molecule has 2 atom stereocenters. The average molecular weight is 360 g/mol. The Hall–Kier alpha value is -2.45. The summed E-state index contributed by atoms with van der Waals surface area (Å²) < 4.78 is 44.4. The molecule has 0 unspecified atom stereocenters. The molecule has 2 rings (SSSR count). The molecule has 1 fully saturated rings. The van der Waals surface area contributed by atoms with E-state index in [9.17, 15) is 22.8 Å². The molecule has 0 saturated carbocycles. The highest BCUT2D eigenvalue weighted by Gasteiger charge is 2.53. The summed E-state index contributed by atoms with van der Waals surface area (Å²) in [5, 5.41) is 11.5. The molecule has 1 aromatic rings. The number of carbonyl (C=O) groups is 2. The van der Waals surface area contributed by atoms with Gasteiger partial charge >= 0.3 is 18.2 Å². The number of carboxylic acid groups (broad SMARTS) is 1. The third-order valence-corrected chi connectivity index (χ3v) is 4.02. The monoisotopic (exact) mass is 360 g/mol. The number of likely N-dealkylation sites (tertiary alicyclic amines) is 1. The molecule has 0 spiro atoms. The van der Waals surface area contributed by atoms with Crippen molar-refractivity contribution in [2.75, 3.05) is 25.0 Å². The van der Waals surface area contributed by atoms with Gasteiger partial charge in [-0.2, -0.15) is 13.2 Å². The van der Waals surface area contributed by atoms with Crippen LogP contribution in [0.25, 0.3) is 0 Å². The molecule has 2 N–H and O–H groups in total. The Kier molecular flexibility index (Phi) is 5.44. The third-order valence-electron chi connectivity index (χ3n) is 4.02. The molecule has 1 heterocycles. The molecular formula is C16H19F3N2O4. The van der Waals surface area contributed by atoms with E-state index < -0.39 is 43.1 Å². The Labute approximate surface area is 142 Å². The number of urea groups is 1. The molecule has 0 bridgehead atoms. The summed E-state index contributed by atoms with van der Waals surface area (Å²) >= 11 is 0. The van der Waals surface area contributed by atoms with Gasteiger partial charge in [0.25, 0.3) is 0 Å². The van der Waals surface area contributed by atoms with Gasteiger partial charge in [0.05, 0.1) is 24.1 Å². The van der Waals surface area contributed by atoms with Crippen molar-refractivity contribution in [2.24, 2.45) is 11.8 Å². The minimum absolute atomic E-state index is 0.319. The van der Waals surface area contributed by atoms with Crippen LogP contribution in [0.15, 0.2) is 18.2 Å². The lowest BCUT2D eigenvalue weighted by Gasteiger charge is -2.19. The second kappa shape index (κ2) is 7.20. The van der Waals surface area contributed by atoms with Crippen molar-refractivity contribution in [2.45, 2.75) is 20.0 Å². The molecule has 0 radical (unpaired) electrons. The highest BCUT2D eigenvalue weighted by Crippen LogP contribution is 2.38. The van der Waals surface area contributed by atoms with E-state index in [0.717, 1.165) is 10.5 Å². The smallest absolute Gasteiger partial charge is 0.394 e. The fourth-order valence-corrected chi connectivity index (χ4v) is 2.75. The van der Waals surface area contributed by atoms with Crippen molar-refractivity contribution in [1.82, 2.24) is 4.90 Å². The van der Waals surface area contributed by atoms with Gasteiger partial charge in [-0.05, 0) is 31.5 Å². The van der Waals surface area contributed by atoms with Crippen LogP contribution in [0.5, 0.6) is 5.75 Å². The predicted octanol–water partition coefficient (Wildman–Crippen LogP) is 3.12. The molecular weight excluding hydrogens is 341 g/mol. The zero-order chi connectivity index (χ0) is 18.8. The first kappa shape index (κ1) is 18.9. The zero-order valence-electron chi connectivity index (χ0n) is 13.8. The van der Waals surface area contributed by atoms with Gasteiger partial charge in [0, 0.05) is 13.1 Å². The lowest BCUT2D eigenvalue weighted by atomic mass is 9.96. The number of nitrogens with one attached hydrogen (secondary N) is 1. The van der Waals surface area contributed by atoms with Crippen LogP contribution in [0.1, 0.15) is 12.5 Å². The summed E-state index contributed by atoms with van der Waals surface area (Å²) in [6.45, 7) is 2.76. The fraction of sp³-hybridized carbons (Fsp3) is 0.500. The van der Waals surface area contributed by atoms with Crippen molar-refractivity contribution < 1.29 is 32.6 Å². The summed E-state index contributed by atoms with van der Waals surface area (Å²) in [6.07, 6.45) is -4.68. The van der Waals surface area contributed by atoms with Crippen LogP contribution in [0.4, 0.5) is 23.7 Å². The Morgan fingerprint density at radius 1 is 1.36 bits per heavy atom. The number of amides is 2. The molecule has 0 aliphatic carbocycles. The van der Waals surface area contributed by atoms with Crippen LogP contribution in [0, 0.1) is 18.8 Å². The van der Waals surface area contributed by atoms with Crippen LogP contribution in [0.3, 0.4) is 0 Å². The first-order valence-electron chi connectivity index (χ1n) is 7.72. The van der Waals surface area contributed by atoms with Crippen molar-refractivity contribution >= 4 is 17.7 Å². The number of aryl methyl sites for hydroxylation is 1. The van der Waals surface area contributed by atoms with Gasteiger partial charge in [0.15, 0.2) is 0 Å². The van der Waals surface area contributed by atoms with Gasteiger partial charge in [-0.1, -0.05) is 6.07 Å². The lowest BCUT2D eigenvalue weighted by Crippen LogP contribution is -2.35. The Balaban J connectivity index is 2.15. The molecule has 1 aliphatic heterocycles. The van der Waals surface area contributed by atoms with Crippen molar-refractivity contribution in [3.8, 4) is 5.75 Å². The van der Waals surface area contributed by atoms with E-state index in [0.29, 0.717) is 18.0 Å². The number of nitrogens with zero attached hydrogens (tertiary/aromatic N) is 1. The van der Waals surface area contributed by atoms with Gasteiger partial charge < -0.3 is 20.1 Å². The quantitative estimate of drug-likeness (QED) is 0.865. The summed E-state index contributed by atoms with van der Waals surface area (Å²) in [7, 11) is 0. The summed E-state index contributed by atoms with van der Waals surface area (Å²) in [5.41, 5.74) is 1.21. The number of hydrogen-bond donors (Lipinski definition) is 2. The van der Waals surface area contributed by atoms with E-state index in [2.05, 4.69) is 5.32 Å². The summed E-state index contributed by atoms with van der Waals surface area (Å²) in [5.74, 6) is -4.92. The Bertz CT molecular complexity index is 663. The maximum Gasteiger partial charge on any atom is 0.394 e. The van der Waals surface area contributed by atoms with E-state index in [4.69, 9.17) is 9.84 Å². The van der Waals surface area contributed by atoms with E-state index in [1.165, 1.54) is 0 Å². The van der Waals surface area contributed by atoms with Gasteiger partial charge in [0.1, 0.15) is 5.75 Å². The second-order valence-corrected chi connectivity index (χ2v) is 5.86. The number of carboxylic acids is 1. The highest BCUT2D eigenvalue weighted by molar-refractivity contribution is 5.91. The minimum atomic E-state index is -4.68. The maximum atomic E-state index is 13.0. The number of rotatable bonds is 4. The molecule has 6 nitrogen and oxygen atoms in total. The van der Waals surface area contributed by atoms with Crippen LogP contribution < -0.4 is 10.1 Å². The molecule has 9 heteroatoms. The van der Waals surface area contributed by atoms with Crippen LogP contribution in [-0.4, -0.2) is 47.9 Å². The van der Waals surface area contributed by atoms with Gasteiger partial charge in [-0.25, -0.2) is 4.79 Å². The van der Waals surface area contributed by atoms with Crippen LogP contribution in [-0.2, 0) is 4.79 Å². The Morgan fingerprint density at radius 2 is 2.04 bits per heavy atom. The number of aliphatic carboxylic acids is 1.